The molecule has 156 valence electrons. The molecule has 1 aromatic carbocycles. The molecule has 1 aromatic heterocycles. The van der Waals surface area contributed by atoms with Gasteiger partial charge in [0.15, 0.2) is 5.96 Å². The normalized spacial score (nSPS) is 13.7. The minimum absolute atomic E-state index is 0.0606. The number of amides is 1. The van der Waals surface area contributed by atoms with E-state index in [4.69, 9.17) is 9.98 Å². The molecule has 1 amide bonds. The van der Waals surface area contributed by atoms with Crippen molar-refractivity contribution in [1.82, 2.24) is 20.5 Å². The molecule has 29 heavy (non-hydrogen) atoms. The molecule has 7 heteroatoms. The van der Waals surface area contributed by atoms with E-state index >= 15 is 0 Å². The summed E-state index contributed by atoms with van der Waals surface area (Å²) >= 11 is 1.85. The highest BCUT2D eigenvalue weighted by Crippen LogP contribution is 2.27. The lowest BCUT2D eigenvalue weighted by molar-refractivity contribution is 0.0963. The summed E-state index contributed by atoms with van der Waals surface area (Å²) in [6.45, 7) is 4.34. The van der Waals surface area contributed by atoms with E-state index in [1.807, 2.05) is 35.6 Å². The monoisotopic (exact) mass is 413 g/mol. The molecule has 6 nitrogen and oxygen atoms in total. The first-order valence-corrected chi connectivity index (χ1v) is 11.2. The number of fused-ring (bicyclic) bond motifs is 1. The molecular formula is C22H31N5OS. The van der Waals surface area contributed by atoms with Gasteiger partial charge in [0.05, 0.1) is 12.2 Å². The van der Waals surface area contributed by atoms with Crippen molar-refractivity contribution in [2.75, 3.05) is 27.2 Å². The molecule has 3 rings (SSSR count). The van der Waals surface area contributed by atoms with Crippen molar-refractivity contribution in [1.29, 1.82) is 0 Å². The van der Waals surface area contributed by atoms with Crippen molar-refractivity contribution in [2.45, 2.75) is 45.6 Å². The van der Waals surface area contributed by atoms with Gasteiger partial charge in [0.2, 0.25) is 0 Å². The van der Waals surface area contributed by atoms with Crippen molar-refractivity contribution < 1.29 is 4.79 Å². The summed E-state index contributed by atoms with van der Waals surface area (Å²) in [5, 5.41) is 7.22. The van der Waals surface area contributed by atoms with E-state index in [2.05, 4.69) is 29.5 Å². The highest BCUT2D eigenvalue weighted by molar-refractivity contribution is 7.11. The standard InChI is InChI=1S/C22H31N5OS/c1-4-24-22(25-13-12-16-8-7-9-17(14-16)21(28)23-2)27(3)15-20-26-18-10-5-6-11-19(18)29-20/h7-9,14H,4-6,10-13,15H2,1-3H3,(H,23,28)(H,24,25). The van der Waals surface area contributed by atoms with Crippen molar-refractivity contribution in [3.8, 4) is 0 Å². The molecule has 0 radical (unpaired) electrons. The van der Waals surface area contributed by atoms with Gasteiger partial charge < -0.3 is 15.5 Å². The largest absolute Gasteiger partial charge is 0.357 e. The number of guanidine groups is 1. The third-order valence-electron chi connectivity index (χ3n) is 5.04. The second-order valence-electron chi connectivity index (χ2n) is 7.31. The van der Waals surface area contributed by atoms with Crippen LogP contribution in [0.15, 0.2) is 29.3 Å². The third-order valence-corrected chi connectivity index (χ3v) is 6.18. The van der Waals surface area contributed by atoms with E-state index in [0.717, 1.165) is 37.5 Å². The van der Waals surface area contributed by atoms with Gasteiger partial charge in [-0.25, -0.2) is 4.98 Å². The lowest BCUT2D eigenvalue weighted by Crippen LogP contribution is -2.38. The molecule has 1 aliphatic carbocycles. The van der Waals surface area contributed by atoms with Gasteiger partial charge in [-0.05, 0) is 56.7 Å². The molecule has 0 fully saturated rings. The number of hydrogen-bond acceptors (Lipinski definition) is 4. The number of nitrogens with zero attached hydrogens (tertiary/aromatic N) is 3. The van der Waals surface area contributed by atoms with Crippen LogP contribution in [0.4, 0.5) is 0 Å². The van der Waals surface area contributed by atoms with Crippen LogP contribution < -0.4 is 10.6 Å². The fourth-order valence-corrected chi connectivity index (χ4v) is 4.73. The van der Waals surface area contributed by atoms with Gasteiger partial charge in [0.25, 0.3) is 5.91 Å². The third kappa shape index (κ3) is 5.79. The summed E-state index contributed by atoms with van der Waals surface area (Å²) in [4.78, 5) is 25.1. The average molecular weight is 414 g/mol. The van der Waals surface area contributed by atoms with Gasteiger partial charge in [0, 0.05) is 37.6 Å². The van der Waals surface area contributed by atoms with Gasteiger partial charge in [-0.15, -0.1) is 11.3 Å². The van der Waals surface area contributed by atoms with Crippen LogP contribution in [-0.4, -0.2) is 48.9 Å². The predicted molar refractivity (Wildman–Crippen MR) is 120 cm³/mol. The number of aryl methyl sites for hydroxylation is 2. The van der Waals surface area contributed by atoms with Crippen LogP contribution >= 0.6 is 11.3 Å². The lowest BCUT2D eigenvalue weighted by atomic mass is 10.0. The summed E-state index contributed by atoms with van der Waals surface area (Å²) in [5.74, 6) is 0.831. The summed E-state index contributed by atoms with van der Waals surface area (Å²) in [6.07, 6.45) is 5.64. The first-order valence-electron chi connectivity index (χ1n) is 10.4. The Morgan fingerprint density at radius 2 is 2.14 bits per heavy atom. The number of aromatic nitrogens is 1. The van der Waals surface area contributed by atoms with Crippen LogP contribution in [0.2, 0.25) is 0 Å². The Labute approximate surface area is 177 Å². The van der Waals surface area contributed by atoms with Crippen LogP contribution in [0.1, 0.15) is 51.3 Å². The maximum atomic E-state index is 11.8. The highest BCUT2D eigenvalue weighted by atomic mass is 32.1. The van der Waals surface area contributed by atoms with E-state index in [1.54, 1.807) is 7.05 Å². The number of carbonyl (C=O) groups excluding carboxylic acids is 1. The lowest BCUT2D eigenvalue weighted by Gasteiger charge is -2.21. The van der Waals surface area contributed by atoms with Gasteiger partial charge >= 0.3 is 0 Å². The van der Waals surface area contributed by atoms with Crippen LogP contribution in [0.5, 0.6) is 0 Å². The topological polar surface area (TPSA) is 69.6 Å². The molecule has 2 aromatic rings. The summed E-state index contributed by atoms with van der Waals surface area (Å²) in [6, 6.07) is 7.73. The van der Waals surface area contributed by atoms with E-state index < -0.39 is 0 Å². The van der Waals surface area contributed by atoms with Crippen molar-refractivity contribution in [3.63, 3.8) is 0 Å². The summed E-state index contributed by atoms with van der Waals surface area (Å²) in [5.41, 5.74) is 3.11. The van der Waals surface area contributed by atoms with Gasteiger partial charge in [-0.3, -0.25) is 9.79 Å². The number of carbonyl (C=O) groups is 1. The van der Waals surface area contributed by atoms with Crippen molar-refractivity contribution in [3.05, 3.63) is 51.0 Å². The summed E-state index contributed by atoms with van der Waals surface area (Å²) < 4.78 is 0. The number of nitrogens with one attached hydrogen (secondary N) is 2. The molecule has 0 aliphatic heterocycles. The number of hydrogen-bond donors (Lipinski definition) is 2. The molecule has 0 bridgehead atoms. The molecule has 0 atom stereocenters. The summed E-state index contributed by atoms with van der Waals surface area (Å²) in [7, 11) is 3.71. The quantitative estimate of drug-likeness (QED) is 0.541. The zero-order valence-corrected chi connectivity index (χ0v) is 18.4. The maximum Gasteiger partial charge on any atom is 0.251 e. The molecule has 0 spiro atoms. The minimum atomic E-state index is -0.0606. The number of benzene rings is 1. The Morgan fingerprint density at radius 1 is 1.31 bits per heavy atom. The molecule has 0 saturated heterocycles. The van der Waals surface area contributed by atoms with Gasteiger partial charge in [0.1, 0.15) is 5.01 Å². The SMILES string of the molecule is CCNC(=NCCc1cccc(C(=O)NC)c1)N(C)Cc1nc2c(s1)CCCC2. The Hall–Kier alpha value is -2.41. The van der Waals surface area contributed by atoms with Crippen LogP contribution in [0.25, 0.3) is 0 Å². The number of thiazole rings is 1. The molecular weight excluding hydrogens is 382 g/mol. The van der Waals surface area contributed by atoms with Gasteiger partial charge in [-0.2, -0.15) is 0 Å². The highest BCUT2D eigenvalue weighted by Gasteiger charge is 2.17. The zero-order chi connectivity index (χ0) is 20.6. The van der Waals surface area contributed by atoms with Crippen LogP contribution in [0.3, 0.4) is 0 Å². The average Bonchev–Trinajstić information content (AvgIpc) is 3.15. The molecule has 0 unspecified atom stereocenters. The number of rotatable bonds is 7. The first kappa shape index (κ1) is 21.3. The fraction of sp³-hybridized carbons (Fsp3) is 0.500. The Morgan fingerprint density at radius 3 is 2.90 bits per heavy atom. The number of aliphatic imine (C=N–C) groups is 1. The van der Waals surface area contributed by atoms with Crippen LogP contribution in [-0.2, 0) is 25.8 Å². The molecule has 1 aliphatic rings. The van der Waals surface area contributed by atoms with Crippen LogP contribution in [0, 0.1) is 0 Å². The smallest absolute Gasteiger partial charge is 0.251 e. The predicted octanol–water partition coefficient (Wildman–Crippen LogP) is 3.02. The fourth-order valence-electron chi connectivity index (χ4n) is 3.52. The van der Waals surface area contributed by atoms with E-state index in [9.17, 15) is 4.79 Å². The van der Waals surface area contributed by atoms with E-state index in [-0.39, 0.29) is 5.91 Å². The molecule has 0 saturated carbocycles. The Balaban J connectivity index is 1.61. The van der Waals surface area contributed by atoms with E-state index in [0.29, 0.717) is 12.1 Å². The maximum absolute atomic E-state index is 11.8. The Bertz CT molecular complexity index is 837. The van der Waals surface area contributed by atoms with E-state index in [1.165, 1.54) is 34.8 Å². The molecule has 2 N–H and O–H groups in total. The minimum Gasteiger partial charge on any atom is -0.357 e. The Kier molecular flexibility index (Phi) is 7.63. The second kappa shape index (κ2) is 10.4. The zero-order valence-electron chi connectivity index (χ0n) is 17.6. The first-order chi connectivity index (χ1) is 14.1. The molecule has 1 heterocycles. The second-order valence-corrected chi connectivity index (χ2v) is 8.47. The van der Waals surface area contributed by atoms with Gasteiger partial charge in [-0.1, -0.05) is 12.1 Å². The van der Waals surface area contributed by atoms with Crippen molar-refractivity contribution in [2.24, 2.45) is 4.99 Å². The van der Waals surface area contributed by atoms with Crippen molar-refractivity contribution >= 4 is 23.2 Å².